The van der Waals surface area contributed by atoms with Crippen LogP contribution < -0.4 is 14.8 Å². The molecule has 1 aromatic heterocycles. The van der Waals surface area contributed by atoms with Gasteiger partial charge in [-0.15, -0.1) is 11.3 Å². The van der Waals surface area contributed by atoms with Crippen molar-refractivity contribution in [3.8, 4) is 11.5 Å². The number of hydrogen-bond donors (Lipinski definition) is 1. The summed E-state index contributed by atoms with van der Waals surface area (Å²) in [6.45, 7) is 2.30. The zero-order valence-electron chi connectivity index (χ0n) is 9.79. The van der Waals surface area contributed by atoms with Gasteiger partial charge in [-0.25, -0.2) is 0 Å². The number of thiophene rings is 1. The van der Waals surface area contributed by atoms with Gasteiger partial charge in [-0.2, -0.15) is 0 Å². The molecule has 0 radical (unpaired) electrons. The molecule has 1 N–H and O–H groups in total. The van der Waals surface area contributed by atoms with Gasteiger partial charge in [0.15, 0.2) is 11.5 Å². The van der Waals surface area contributed by atoms with Crippen LogP contribution in [-0.4, -0.2) is 26.8 Å². The fourth-order valence-electron chi connectivity index (χ4n) is 2.07. The predicted molar refractivity (Wildman–Crippen MR) is 70.4 cm³/mol. The number of benzene rings is 1. The van der Waals surface area contributed by atoms with Crippen LogP contribution >= 0.6 is 11.3 Å². The van der Waals surface area contributed by atoms with Crippen molar-refractivity contribution in [1.82, 2.24) is 5.32 Å². The first-order chi connectivity index (χ1) is 8.38. The van der Waals surface area contributed by atoms with Gasteiger partial charge < -0.3 is 14.8 Å². The Kier molecular flexibility index (Phi) is 2.91. The molecule has 0 bridgehead atoms. The van der Waals surface area contributed by atoms with Crippen LogP contribution in [0.2, 0.25) is 0 Å². The van der Waals surface area contributed by atoms with E-state index in [4.69, 9.17) is 9.47 Å². The Labute approximate surface area is 104 Å². The van der Waals surface area contributed by atoms with Crippen LogP contribution in [0.4, 0.5) is 0 Å². The van der Waals surface area contributed by atoms with E-state index in [9.17, 15) is 0 Å². The molecule has 0 fully saturated rings. The van der Waals surface area contributed by atoms with Gasteiger partial charge in [-0.3, -0.25) is 0 Å². The Bertz CT molecular complexity index is 535. The summed E-state index contributed by atoms with van der Waals surface area (Å²) >= 11 is 1.77. The Balaban J connectivity index is 2.03. The number of rotatable bonds is 3. The SMILES string of the molecule is CNCCc1csc2cc3c(cc12)OCCO3. The van der Waals surface area contributed by atoms with Crippen LogP contribution in [0, 0.1) is 0 Å². The second kappa shape index (κ2) is 4.55. The molecule has 1 aliphatic heterocycles. The maximum atomic E-state index is 5.62. The second-order valence-electron chi connectivity index (χ2n) is 4.11. The summed E-state index contributed by atoms with van der Waals surface area (Å²) in [5.41, 5.74) is 1.39. The zero-order chi connectivity index (χ0) is 11.7. The first kappa shape index (κ1) is 10.9. The minimum absolute atomic E-state index is 0.647. The van der Waals surface area contributed by atoms with E-state index in [-0.39, 0.29) is 0 Å². The largest absolute Gasteiger partial charge is 0.486 e. The number of nitrogens with one attached hydrogen (secondary N) is 1. The summed E-state index contributed by atoms with van der Waals surface area (Å²) in [6, 6.07) is 4.21. The highest BCUT2D eigenvalue weighted by molar-refractivity contribution is 7.17. The van der Waals surface area contributed by atoms with Crippen LogP contribution in [0.1, 0.15) is 5.56 Å². The topological polar surface area (TPSA) is 30.5 Å². The van der Waals surface area contributed by atoms with Gasteiger partial charge in [0.1, 0.15) is 13.2 Å². The van der Waals surface area contributed by atoms with Gasteiger partial charge in [0.2, 0.25) is 0 Å². The maximum Gasteiger partial charge on any atom is 0.162 e. The first-order valence-corrected chi connectivity index (χ1v) is 6.71. The van der Waals surface area contributed by atoms with Crippen LogP contribution in [0.5, 0.6) is 11.5 Å². The average Bonchev–Trinajstić information content (AvgIpc) is 2.76. The average molecular weight is 249 g/mol. The molecule has 3 rings (SSSR count). The molecular weight excluding hydrogens is 234 g/mol. The summed E-state index contributed by atoms with van der Waals surface area (Å²) in [5, 5.41) is 6.71. The minimum Gasteiger partial charge on any atom is -0.486 e. The number of hydrogen-bond acceptors (Lipinski definition) is 4. The molecule has 90 valence electrons. The summed E-state index contributed by atoms with van der Waals surface area (Å²) in [7, 11) is 1.98. The Morgan fingerprint density at radius 2 is 2.00 bits per heavy atom. The van der Waals surface area contributed by atoms with Gasteiger partial charge in [0.25, 0.3) is 0 Å². The lowest BCUT2D eigenvalue weighted by Crippen LogP contribution is -2.15. The van der Waals surface area contributed by atoms with Gasteiger partial charge in [-0.05, 0) is 42.4 Å². The van der Waals surface area contributed by atoms with Crippen molar-refractivity contribution in [2.45, 2.75) is 6.42 Å². The third kappa shape index (κ3) is 1.98. The van der Waals surface area contributed by atoms with Crippen molar-refractivity contribution in [2.24, 2.45) is 0 Å². The summed E-state index contributed by atoms with van der Waals surface area (Å²) in [4.78, 5) is 0. The number of likely N-dealkylation sites (N-methyl/N-ethyl adjacent to an activating group) is 1. The smallest absolute Gasteiger partial charge is 0.162 e. The molecular formula is C13H15NO2S. The lowest BCUT2D eigenvalue weighted by molar-refractivity contribution is 0.172. The fourth-order valence-corrected chi connectivity index (χ4v) is 3.08. The summed E-state index contributed by atoms with van der Waals surface area (Å²) < 4.78 is 12.5. The molecule has 2 aromatic rings. The molecule has 0 atom stereocenters. The van der Waals surface area contributed by atoms with E-state index in [0.29, 0.717) is 13.2 Å². The lowest BCUT2D eigenvalue weighted by Gasteiger charge is -2.18. The van der Waals surface area contributed by atoms with Crippen molar-refractivity contribution in [1.29, 1.82) is 0 Å². The quantitative estimate of drug-likeness (QED) is 0.906. The zero-order valence-corrected chi connectivity index (χ0v) is 10.6. The van der Waals surface area contributed by atoms with E-state index in [0.717, 1.165) is 24.5 Å². The predicted octanol–water partition coefficient (Wildman–Crippen LogP) is 2.43. The molecule has 4 heteroatoms. The Hall–Kier alpha value is -1.26. The highest BCUT2D eigenvalue weighted by Crippen LogP contribution is 2.38. The van der Waals surface area contributed by atoms with Crippen LogP contribution in [-0.2, 0) is 6.42 Å². The first-order valence-electron chi connectivity index (χ1n) is 5.83. The Morgan fingerprint density at radius 3 is 2.76 bits per heavy atom. The third-order valence-corrected chi connectivity index (χ3v) is 3.96. The van der Waals surface area contributed by atoms with Crippen molar-refractivity contribution in [3.63, 3.8) is 0 Å². The molecule has 0 spiro atoms. The maximum absolute atomic E-state index is 5.62. The van der Waals surface area contributed by atoms with Crippen molar-refractivity contribution in [3.05, 3.63) is 23.1 Å². The number of ether oxygens (including phenoxy) is 2. The molecule has 0 unspecified atom stereocenters. The normalized spacial score (nSPS) is 14.2. The third-order valence-electron chi connectivity index (χ3n) is 2.96. The van der Waals surface area contributed by atoms with Crippen LogP contribution in [0.25, 0.3) is 10.1 Å². The van der Waals surface area contributed by atoms with Gasteiger partial charge in [0.05, 0.1) is 0 Å². The highest BCUT2D eigenvalue weighted by Gasteiger charge is 2.14. The van der Waals surface area contributed by atoms with E-state index >= 15 is 0 Å². The van der Waals surface area contributed by atoms with Crippen molar-refractivity contribution in [2.75, 3.05) is 26.8 Å². The summed E-state index contributed by atoms with van der Waals surface area (Å²) in [6.07, 6.45) is 1.05. The second-order valence-corrected chi connectivity index (χ2v) is 5.02. The summed E-state index contributed by atoms with van der Waals surface area (Å²) in [5.74, 6) is 1.76. The molecule has 1 aromatic carbocycles. The molecule has 0 saturated heterocycles. The molecule has 3 nitrogen and oxygen atoms in total. The minimum atomic E-state index is 0.647. The molecule has 0 aliphatic carbocycles. The standard InChI is InChI=1S/C13H15NO2S/c1-14-3-2-9-8-17-13-7-12-11(6-10(9)13)15-4-5-16-12/h6-8,14H,2-5H2,1H3. The molecule has 0 amide bonds. The van der Waals surface area contributed by atoms with Crippen LogP contribution in [0.15, 0.2) is 17.5 Å². The molecule has 1 aliphatic rings. The van der Waals surface area contributed by atoms with Crippen molar-refractivity contribution >= 4 is 21.4 Å². The number of fused-ring (bicyclic) bond motifs is 2. The molecule has 2 heterocycles. The lowest BCUT2D eigenvalue weighted by atomic mass is 10.1. The van der Waals surface area contributed by atoms with Crippen molar-refractivity contribution < 1.29 is 9.47 Å². The van der Waals surface area contributed by atoms with Gasteiger partial charge in [0, 0.05) is 10.8 Å². The van der Waals surface area contributed by atoms with E-state index in [1.807, 2.05) is 7.05 Å². The van der Waals surface area contributed by atoms with Gasteiger partial charge >= 0.3 is 0 Å². The van der Waals surface area contributed by atoms with Crippen LogP contribution in [0.3, 0.4) is 0 Å². The molecule has 0 saturated carbocycles. The fraction of sp³-hybridized carbons (Fsp3) is 0.385. The monoisotopic (exact) mass is 249 g/mol. The van der Waals surface area contributed by atoms with E-state index < -0.39 is 0 Å². The highest BCUT2D eigenvalue weighted by atomic mass is 32.1. The van der Waals surface area contributed by atoms with E-state index in [1.54, 1.807) is 11.3 Å². The van der Waals surface area contributed by atoms with Gasteiger partial charge in [-0.1, -0.05) is 0 Å². The molecule has 17 heavy (non-hydrogen) atoms. The van der Waals surface area contributed by atoms with E-state index in [1.165, 1.54) is 15.6 Å². The van der Waals surface area contributed by atoms with E-state index in [2.05, 4.69) is 22.8 Å². The Morgan fingerprint density at radius 1 is 1.24 bits per heavy atom.